The maximum atomic E-state index is 4.92. The molecule has 0 saturated heterocycles. The maximum Gasteiger partial charge on any atom is 0.294 e. The fourth-order valence-electron chi connectivity index (χ4n) is 0. The van der Waals surface area contributed by atoms with E-state index in [1.54, 1.807) is 0 Å². The molecule has 30 valence electrons. The van der Waals surface area contributed by atoms with Crippen LogP contribution in [0.3, 0.4) is 0 Å². The van der Waals surface area contributed by atoms with Crippen LogP contribution >= 0.6 is 0 Å². The second-order valence-corrected chi connectivity index (χ2v) is 0.825. The molecule has 0 aliphatic carbocycles. The van der Waals surface area contributed by atoms with Crippen LogP contribution in [0.1, 0.15) is 0 Å². The van der Waals surface area contributed by atoms with Crippen molar-refractivity contribution in [1.29, 1.82) is 0 Å². The van der Waals surface area contributed by atoms with E-state index in [0.717, 1.165) is 0 Å². The second kappa shape index (κ2) is 1.72. The molecule has 0 bridgehead atoms. The Labute approximate surface area is 30.5 Å². The van der Waals surface area contributed by atoms with Gasteiger partial charge >= 0.3 is 0 Å². The smallest absolute Gasteiger partial charge is 0.294 e. The van der Waals surface area contributed by atoms with Crippen molar-refractivity contribution in [2.75, 3.05) is 6.54 Å². The lowest BCUT2D eigenvalue weighted by atomic mass is 10.6. The maximum absolute atomic E-state index is 4.92. The summed E-state index contributed by atoms with van der Waals surface area (Å²) in [5, 5.41) is 4.92. The SMILES string of the molecule is NC(=[NH2+])C[NH3+]. The van der Waals surface area contributed by atoms with E-state index in [-0.39, 0.29) is 0 Å². The lowest BCUT2D eigenvalue weighted by Gasteiger charge is -1.68. The summed E-state index contributed by atoms with van der Waals surface area (Å²) in [6.45, 7) is 0.528. The summed E-state index contributed by atoms with van der Waals surface area (Å²) in [6, 6.07) is 0. The van der Waals surface area contributed by atoms with Crippen LogP contribution in [-0.2, 0) is 0 Å². The largest absolute Gasteiger partial charge is 0.348 e. The Morgan fingerprint density at radius 2 is 2.20 bits per heavy atom. The number of rotatable bonds is 1. The Kier molecular flexibility index (Phi) is 1.53. The third-order valence-corrected chi connectivity index (χ3v) is 0.289. The molecule has 0 radical (unpaired) electrons. The molecular weight excluding hydrogens is 66.0 g/mol. The average molecular weight is 75.1 g/mol. The van der Waals surface area contributed by atoms with E-state index in [1.165, 1.54) is 0 Å². The van der Waals surface area contributed by atoms with E-state index < -0.39 is 0 Å². The number of hydrogen-bond donors (Lipinski definition) is 3. The molecule has 7 N–H and O–H groups in total. The molecule has 0 spiro atoms. The van der Waals surface area contributed by atoms with Crippen molar-refractivity contribution < 1.29 is 11.1 Å². The molecule has 0 amide bonds. The number of amidine groups is 1. The normalized spacial score (nSPS) is 7.40. The lowest BCUT2D eigenvalue weighted by molar-refractivity contribution is -0.354. The van der Waals surface area contributed by atoms with Crippen LogP contribution in [-0.4, -0.2) is 12.4 Å². The molecule has 0 atom stereocenters. The van der Waals surface area contributed by atoms with Gasteiger partial charge in [-0.3, -0.25) is 11.1 Å². The quantitative estimate of drug-likeness (QED) is 0.218. The van der Waals surface area contributed by atoms with Gasteiger partial charge in [0.05, 0.1) is 0 Å². The van der Waals surface area contributed by atoms with E-state index in [2.05, 4.69) is 5.73 Å². The Morgan fingerprint density at radius 3 is 2.20 bits per heavy atom. The number of hydrogen-bond acceptors (Lipinski definition) is 0. The van der Waals surface area contributed by atoms with E-state index in [9.17, 15) is 0 Å². The van der Waals surface area contributed by atoms with Crippen LogP contribution in [0.5, 0.6) is 0 Å². The lowest BCUT2D eigenvalue weighted by Crippen LogP contribution is -2.64. The van der Waals surface area contributed by atoms with Gasteiger partial charge < -0.3 is 5.73 Å². The third kappa shape index (κ3) is 3.43. The summed E-state index contributed by atoms with van der Waals surface area (Å²) >= 11 is 0. The molecule has 0 aromatic rings. The van der Waals surface area contributed by atoms with Crippen LogP contribution in [0.4, 0.5) is 0 Å². The van der Waals surface area contributed by atoms with Crippen molar-refractivity contribution in [2.24, 2.45) is 5.73 Å². The van der Waals surface area contributed by atoms with Crippen molar-refractivity contribution in [3.05, 3.63) is 0 Å². The Morgan fingerprint density at radius 1 is 2.00 bits per heavy atom. The van der Waals surface area contributed by atoms with Gasteiger partial charge in [0.1, 0.15) is 0 Å². The molecule has 0 fully saturated rings. The molecule has 0 rings (SSSR count). The highest BCUT2D eigenvalue weighted by atomic mass is 14.8. The van der Waals surface area contributed by atoms with Crippen molar-refractivity contribution in [1.82, 2.24) is 0 Å². The minimum Gasteiger partial charge on any atom is -0.348 e. The minimum atomic E-state index is 0.394. The van der Waals surface area contributed by atoms with Crippen molar-refractivity contribution in [2.45, 2.75) is 0 Å². The van der Waals surface area contributed by atoms with E-state index >= 15 is 0 Å². The van der Waals surface area contributed by atoms with Crippen LogP contribution in [0.2, 0.25) is 0 Å². The van der Waals surface area contributed by atoms with Crippen LogP contribution in [0, 0.1) is 0 Å². The zero-order valence-electron chi connectivity index (χ0n) is 3.07. The highest BCUT2D eigenvalue weighted by Gasteiger charge is 1.84. The first-order valence-corrected chi connectivity index (χ1v) is 1.43. The summed E-state index contributed by atoms with van der Waals surface area (Å²) in [4.78, 5) is 0. The summed E-state index contributed by atoms with van der Waals surface area (Å²) in [5.74, 6) is 0.394. The summed E-state index contributed by atoms with van der Waals surface area (Å²) in [6.07, 6.45) is 0. The van der Waals surface area contributed by atoms with Crippen LogP contribution in [0.25, 0.3) is 0 Å². The topological polar surface area (TPSA) is 79.2 Å². The summed E-state index contributed by atoms with van der Waals surface area (Å²) in [5.41, 5.74) is 8.32. The standard InChI is InChI=1S/C2H7N3/c3-1-2(4)5/h1,3H2,(H3,4,5)/p+2. The van der Waals surface area contributed by atoms with Gasteiger partial charge in [0.15, 0.2) is 6.54 Å². The fourth-order valence-corrected chi connectivity index (χ4v) is 0. The van der Waals surface area contributed by atoms with E-state index in [4.69, 9.17) is 11.1 Å². The zero-order valence-corrected chi connectivity index (χ0v) is 3.07. The Hall–Kier alpha value is -0.570. The van der Waals surface area contributed by atoms with Gasteiger partial charge in [-0.1, -0.05) is 0 Å². The molecule has 0 aromatic carbocycles. The fraction of sp³-hybridized carbons (Fsp3) is 0.500. The summed E-state index contributed by atoms with van der Waals surface area (Å²) < 4.78 is 0. The van der Waals surface area contributed by atoms with Gasteiger partial charge in [-0.25, -0.2) is 0 Å². The first-order valence-electron chi connectivity index (χ1n) is 1.43. The molecule has 3 nitrogen and oxygen atoms in total. The monoisotopic (exact) mass is 75.1 g/mol. The van der Waals surface area contributed by atoms with Gasteiger partial charge in [0.25, 0.3) is 5.84 Å². The summed E-state index contributed by atoms with van der Waals surface area (Å²) in [7, 11) is 0. The first kappa shape index (κ1) is 4.43. The predicted octanol–water partition coefficient (Wildman–Crippen LogP) is -3.66. The molecule has 0 unspecified atom stereocenters. The highest BCUT2D eigenvalue weighted by molar-refractivity contribution is 5.74. The van der Waals surface area contributed by atoms with Gasteiger partial charge in [-0.15, -0.1) is 0 Å². The van der Waals surface area contributed by atoms with Crippen molar-refractivity contribution in [3.8, 4) is 0 Å². The van der Waals surface area contributed by atoms with Crippen molar-refractivity contribution in [3.63, 3.8) is 0 Å². The molecule has 0 heterocycles. The molecule has 0 aliphatic rings. The van der Waals surface area contributed by atoms with Crippen molar-refractivity contribution >= 4 is 5.84 Å². The Bertz CT molecular complexity index is 40.2. The third-order valence-electron chi connectivity index (χ3n) is 0.289. The highest BCUT2D eigenvalue weighted by Crippen LogP contribution is 1.23. The molecule has 5 heavy (non-hydrogen) atoms. The molecular formula is C2H9N3+2. The van der Waals surface area contributed by atoms with Crippen LogP contribution < -0.4 is 16.9 Å². The molecule has 0 aromatic heterocycles. The predicted molar refractivity (Wildman–Crippen MR) is 18.9 cm³/mol. The molecule has 0 aliphatic heterocycles. The van der Waals surface area contributed by atoms with Gasteiger partial charge in [-0.05, 0) is 0 Å². The van der Waals surface area contributed by atoms with E-state index in [1.807, 2.05) is 0 Å². The second-order valence-electron chi connectivity index (χ2n) is 0.825. The Balaban J connectivity index is 2.85. The zero-order chi connectivity index (χ0) is 4.28. The first-order chi connectivity index (χ1) is 2.27. The average Bonchev–Trinajstić information content (AvgIpc) is 1.38. The number of quaternary nitrogens is 1. The van der Waals surface area contributed by atoms with Gasteiger partial charge in [-0.2, -0.15) is 0 Å². The molecule has 0 saturated carbocycles. The number of nitrogens with two attached hydrogens (primary N) is 2. The van der Waals surface area contributed by atoms with Gasteiger partial charge in [0.2, 0.25) is 0 Å². The molecule has 3 heteroatoms. The van der Waals surface area contributed by atoms with E-state index in [0.29, 0.717) is 12.4 Å². The van der Waals surface area contributed by atoms with Crippen LogP contribution in [0.15, 0.2) is 0 Å². The minimum absolute atomic E-state index is 0.394. The van der Waals surface area contributed by atoms with Gasteiger partial charge in [0, 0.05) is 0 Å².